The van der Waals surface area contributed by atoms with Crippen molar-refractivity contribution in [1.82, 2.24) is 15.3 Å². The van der Waals surface area contributed by atoms with Gasteiger partial charge in [0.15, 0.2) is 5.60 Å². The maximum absolute atomic E-state index is 12.9. The van der Waals surface area contributed by atoms with Gasteiger partial charge in [-0.2, -0.15) is 18.4 Å². The summed E-state index contributed by atoms with van der Waals surface area (Å²) in [6.07, 6.45) is 1.42. The number of hydrogen-bond acceptors (Lipinski definition) is 8. The second-order valence-electron chi connectivity index (χ2n) is 10.5. The molecular weight excluding hydrogens is 497 g/mol. The molecule has 8 nitrogen and oxygen atoms in total. The van der Waals surface area contributed by atoms with Crippen molar-refractivity contribution in [2.45, 2.75) is 69.3 Å². The largest absolute Gasteiger partial charge is 0.418 e. The third-order valence-electron chi connectivity index (χ3n) is 7.52. The zero-order valence-corrected chi connectivity index (χ0v) is 21.5. The van der Waals surface area contributed by atoms with Crippen molar-refractivity contribution < 1.29 is 23.0 Å². The predicted molar refractivity (Wildman–Crippen MR) is 138 cm³/mol. The molecule has 206 valence electrons. The van der Waals surface area contributed by atoms with Crippen molar-refractivity contribution in [3.05, 3.63) is 36.5 Å². The second-order valence-corrected chi connectivity index (χ2v) is 10.5. The third-order valence-corrected chi connectivity index (χ3v) is 7.52. The smallest absolute Gasteiger partial charge is 0.381 e. The van der Waals surface area contributed by atoms with Crippen molar-refractivity contribution in [2.75, 3.05) is 36.9 Å². The van der Waals surface area contributed by atoms with Crippen LogP contribution in [0.1, 0.15) is 45.4 Å². The summed E-state index contributed by atoms with van der Waals surface area (Å²) in [5, 5.41) is 29.0. The number of nitrogens with one attached hydrogen (secondary N) is 3. The molecule has 1 saturated heterocycles. The fraction of sp³-hybridized carbons (Fsp3) is 0.593. The van der Waals surface area contributed by atoms with Crippen LogP contribution >= 0.6 is 0 Å². The molecule has 1 aliphatic heterocycles. The Bertz CT molecular complexity index is 1110. The Kier molecular flexibility index (Phi) is 8.75. The molecule has 2 aromatic heterocycles. The highest BCUT2D eigenvalue weighted by atomic mass is 19.4. The van der Waals surface area contributed by atoms with E-state index in [1.807, 2.05) is 30.3 Å². The van der Waals surface area contributed by atoms with Gasteiger partial charge in [0.1, 0.15) is 11.6 Å². The van der Waals surface area contributed by atoms with Gasteiger partial charge in [0.2, 0.25) is 0 Å². The van der Waals surface area contributed by atoms with Crippen LogP contribution in [0, 0.1) is 16.7 Å². The zero-order chi connectivity index (χ0) is 27.2. The van der Waals surface area contributed by atoms with E-state index in [0.717, 1.165) is 31.0 Å². The summed E-state index contributed by atoms with van der Waals surface area (Å²) in [4.78, 5) is 9.17. The number of alkyl halides is 3. The monoisotopic (exact) mass is 532 g/mol. The van der Waals surface area contributed by atoms with Gasteiger partial charge in [-0.3, -0.25) is 0 Å². The number of hydrogen-bond donors (Lipinski definition) is 4. The van der Waals surface area contributed by atoms with Crippen LogP contribution in [0.2, 0.25) is 0 Å². The van der Waals surface area contributed by atoms with E-state index in [0.29, 0.717) is 57.1 Å². The first kappa shape index (κ1) is 28.1. The molecular formula is C27H35F3N6O2. The van der Waals surface area contributed by atoms with Gasteiger partial charge in [-0.25, -0.2) is 9.97 Å². The topological polar surface area (TPSA) is 115 Å². The fourth-order valence-electron chi connectivity index (χ4n) is 4.81. The average molecular weight is 533 g/mol. The highest BCUT2D eigenvalue weighted by molar-refractivity contribution is 5.64. The number of halogens is 3. The van der Waals surface area contributed by atoms with Crippen molar-refractivity contribution in [1.29, 1.82) is 5.26 Å². The minimum Gasteiger partial charge on any atom is -0.381 e. The van der Waals surface area contributed by atoms with Crippen LogP contribution < -0.4 is 16.0 Å². The highest BCUT2D eigenvalue weighted by Crippen LogP contribution is 2.31. The van der Waals surface area contributed by atoms with Crippen LogP contribution in [0.4, 0.5) is 24.8 Å². The summed E-state index contributed by atoms with van der Waals surface area (Å²) < 4.78 is 44.1. The van der Waals surface area contributed by atoms with Gasteiger partial charge in [0, 0.05) is 50.1 Å². The number of ether oxygens (including phenoxy) is 1. The average Bonchev–Trinajstić information content (AvgIpc) is 2.92. The van der Waals surface area contributed by atoms with E-state index in [1.165, 1.54) is 0 Å². The molecule has 0 bridgehead atoms. The Labute approximate surface area is 221 Å². The van der Waals surface area contributed by atoms with E-state index in [2.05, 4.69) is 27.0 Å². The molecule has 1 atom stereocenters. The molecule has 0 amide bonds. The van der Waals surface area contributed by atoms with Crippen LogP contribution in [-0.2, 0) is 4.74 Å². The molecule has 1 aliphatic carbocycles. The summed E-state index contributed by atoms with van der Waals surface area (Å²) >= 11 is 0. The molecule has 2 aromatic rings. The highest BCUT2D eigenvalue weighted by Gasteiger charge is 2.49. The lowest BCUT2D eigenvalue weighted by molar-refractivity contribution is -0.250. The Morgan fingerprint density at radius 2 is 1.82 bits per heavy atom. The maximum atomic E-state index is 12.9. The van der Waals surface area contributed by atoms with E-state index in [4.69, 9.17) is 9.72 Å². The molecule has 38 heavy (non-hydrogen) atoms. The Morgan fingerprint density at radius 1 is 1.11 bits per heavy atom. The third kappa shape index (κ3) is 7.12. The molecule has 0 radical (unpaired) electrons. The molecule has 11 heteroatoms. The van der Waals surface area contributed by atoms with Gasteiger partial charge in [0.25, 0.3) is 0 Å². The molecule has 1 saturated carbocycles. The van der Waals surface area contributed by atoms with Gasteiger partial charge in [-0.15, -0.1) is 0 Å². The summed E-state index contributed by atoms with van der Waals surface area (Å²) in [6.45, 7) is 1.97. The minimum absolute atomic E-state index is 0.0677. The van der Waals surface area contributed by atoms with Gasteiger partial charge >= 0.3 is 6.18 Å². The quantitative estimate of drug-likeness (QED) is 0.373. The van der Waals surface area contributed by atoms with E-state index >= 15 is 0 Å². The lowest BCUT2D eigenvalue weighted by Crippen LogP contribution is -2.52. The minimum atomic E-state index is -4.66. The number of pyridine rings is 2. The maximum Gasteiger partial charge on any atom is 0.418 e. The number of anilines is 2. The van der Waals surface area contributed by atoms with Crippen LogP contribution in [0.15, 0.2) is 36.5 Å². The normalized spacial score (nSPS) is 23.2. The summed E-state index contributed by atoms with van der Waals surface area (Å²) in [7, 11) is 0. The number of aromatic nitrogens is 2. The Balaban J connectivity index is 1.31. The van der Waals surface area contributed by atoms with E-state index in [1.54, 1.807) is 6.20 Å². The fourth-order valence-corrected chi connectivity index (χ4v) is 4.81. The SMILES string of the molecule is C[C@@](O)(CN[C@H]1CC[C@H](Nc2cc(-c3cccc(NCC4(C#N)CCOCC4)n3)ccn2)CC1)C(F)(F)F. The summed E-state index contributed by atoms with van der Waals surface area (Å²) in [5.74, 6) is 1.41. The molecule has 0 spiro atoms. The van der Waals surface area contributed by atoms with E-state index in [-0.39, 0.29) is 12.1 Å². The first-order valence-electron chi connectivity index (χ1n) is 13.0. The molecule has 2 fully saturated rings. The molecule has 0 unspecified atom stereocenters. The number of nitrogens with zero attached hydrogens (tertiary/aromatic N) is 3. The second kappa shape index (κ2) is 11.8. The van der Waals surface area contributed by atoms with Crippen molar-refractivity contribution >= 4 is 11.6 Å². The lowest BCUT2D eigenvalue weighted by atomic mass is 9.82. The van der Waals surface area contributed by atoms with Crippen LogP contribution in [0.25, 0.3) is 11.3 Å². The van der Waals surface area contributed by atoms with Crippen LogP contribution in [0.3, 0.4) is 0 Å². The summed E-state index contributed by atoms with van der Waals surface area (Å²) in [6, 6.07) is 12.1. The molecule has 2 aliphatic rings. The molecule has 3 heterocycles. The Hall–Kier alpha value is -2.94. The number of aliphatic hydroxyl groups is 1. The molecule has 4 rings (SSSR count). The van der Waals surface area contributed by atoms with Crippen LogP contribution in [0.5, 0.6) is 0 Å². The molecule has 4 N–H and O–H groups in total. The summed E-state index contributed by atoms with van der Waals surface area (Å²) in [5.41, 5.74) is -1.51. The predicted octanol–water partition coefficient (Wildman–Crippen LogP) is 4.50. The van der Waals surface area contributed by atoms with E-state index < -0.39 is 23.7 Å². The Morgan fingerprint density at radius 3 is 2.50 bits per heavy atom. The van der Waals surface area contributed by atoms with E-state index in [9.17, 15) is 23.5 Å². The van der Waals surface area contributed by atoms with Crippen molar-refractivity contribution in [3.8, 4) is 17.3 Å². The van der Waals surface area contributed by atoms with Gasteiger partial charge < -0.3 is 25.8 Å². The van der Waals surface area contributed by atoms with Gasteiger partial charge in [-0.1, -0.05) is 6.07 Å². The van der Waals surface area contributed by atoms with Crippen LogP contribution in [-0.4, -0.2) is 65.2 Å². The van der Waals surface area contributed by atoms with Gasteiger partial charge in [-0.05, 0) is 69.7 Å². The van der Waals surface area contributed by atoms with Crippen molar-refractivity contribution in [3.63, 3.8) is 0 Å². The standard InChI is InChI=1S/C27H35F3N6O2/c1-25(37,27(28,29)30)17-33-20-5-7-21(8-6-20)35-24-15-19(9-12-32-24)22-3-2-4-23(36-22)34-18-26(16-31)10-13-38-14-11-26/h2-4,9,12,15,20-21,33,37H,5-8,10-11,13-14,17-18H2,1H3,(H,32,35)(H,34,36)/t20-,21-,25-/m1/s1. The van der Waals surface area contributed by atoms with Gasteiger partial charge in [0.05, 0.1) is 17.2 Å². The lowest BCUT2D eigenvalue weighted by Gasteiger charge is -2.33. The number of nitriles is 1. The van der Waals surface area contributed by atoms with Crippen molar-refractivity contribution in [2.24, 2.45) is 5.41 Å². The molecule has 0 aromatic carbocycles. The first-order chi connectivity index (χ1) is 18.1. The number of rotatable bonds is 9. The zero-order valence-electron chi connectivity index (χ0n) is 21.5. The first-order valence-corrected chi connectivity index (χ1v) is 13.0.